The predicted molar refractivity (Wildman–Crippen MR) is 123 cm³/mol. The minimum atomic E-state index is -4.56. The largest absolute Gasteiger partial charge is 0.496 e. The molecule has 0 radical (unpaired) electrons. The first-order valence-corrected chi connectivity index (χ1v) is 10.9. The normalized spacial score (nSPS) is 11.5. The van der Waals surface area contributed by atoms with Gasteiger partial charge in [0, 0.05) is 11.3 Å². The van der Waals surface area contributed by atoms with Crippen molar-refractivity contribution in [2.75, 3.05) is 12.4 Å². The van der Waals surface area contributed by atoms with Gasteiger partial charge >= 0.3 is 11.9 Å². The minimum absolute atomic E-state index is 0.0585. The van der Waals surface area contributed by atoms with Gasteiger partial charge in [0.15, 0.2) is 0 Å². The average Bonchev–Trinajstić information content (AvgIpc) is 3.29. The smallest absolute Gasteiger partial charge is 0.416 e. The second-order valence-corrected chi connectivity index (χ2v) is 8.25. The topological polar surface area (TPSA) is 82.3 Å². The highest BCUT2D eigenvalue weighted by Gasteiger charge is 2.30. The lowest BCUT2D eigenvalue weighted by molar-refractivity contribution is -0.137. The second-order valence-electron chi connectivity index (χ2n) is 7.33. The Kier molecular flexibility index (Phi) is 6.29. The number of ether oxygens (including phenoxy) is 1. The van der Waals surface area contributed by atoms with E-state index >= 15 is 0 Å². The molecule has 0 saturated carbocycles. The van der Waals surface area contributed by atoms with E-state index in [1.807, 2.05) is 0 Å². The maximum atomic E-state index is 13.2. The summed E-state index contributed by atoms with van der Waals surface area (Å²) in [6.45, 7) is -0.570. The summed E-state index contributed by atoms with van der Waals surface area (Å²) >= 11 is 1.13. The van der Waals surface area contributed by atoms with E-state index in [0.717, 1.165) is 32.6 Å². The number of hydrogen-bond donors (Lipinski definition) is 1. The molecule has 0 aliphatic rings. The molecule has 0 fully saturated rings. The fourth-order valence-corrected chi connectivity index (χ4v) is 4.39. The van der Waals surface area contributed by atoms with Gasteiger partial charge in [-0.15, -0.1) is 11.3 Å². The van der Waals surface area contributed by atoms with Crippen molar-refractivity contribution in [3.8, 4) is 5.75 Å². The van der Waals surface area contributed by atoms with E-state index in [2.05, 4.69) is 5.32 Å². The van der Waals surface area contributed by atoms with Crippen molar-refractivity contribution in [1.82, 2.24) is 9.13 Å². The molecule has 4 aromatic rings. The standard InChI is InChI=1S/C23H18F3N3O4S/c1-33-18-8-3-2-5-14(18)12-29-21(31)20-17(9-10-34-20)28(22(29)32)13-19(30)27-16-7-4-6-15(11-16)23(24,25)26/h2-11H,12-13H2,1H3,(H,27,30). The van der Waals surface area contributed by atoms with Crippen LogP contribution in [0.1, 0.15) is 11.1 Å². The van der Waals surface area contributed by atoms with E-state index in [0.29, 0.717) is 11.3 Å². The number of methoxy groups -OCH3 is 1. The maximum Gasteiger partial charge on any atom is 0.416 e. The number of hydrogen-bond acceptors (Lipinski definition) is 5. The molecular weight excluding hydrogens is 471 g/mol. The third-order valence-electron chi connectivity index (χ3n) is 5.13. The van der Waals surface area contributed by atoms with Crippen LogP contribution in [0, 0.1) is 0 Å². The number of anilines is 1. The van der Waals surface area contributed by atoms with Crippen LogP contribution >= 0.6 is 11.3 Å². The molecule has 1 N–H and O–H groups in total. The molecule has 0 aliphatic heterocycles. The Balaban J connectivity index is 1.69. The Bertz CT molecular complexity index is 1490. The van der Waals surface area contributed by atoms with Gasteiger partial charge in [-0.2, -0.15) is 13.2 Å². The number of amides is 1. The van der Waals surface area contributed by atoms with Crippen LogP contribution in [0.5, 0.6) is 5.75 Å². The van der Waals surface area contributed by atoms with E-state index in [9.17, 15) is 27.6 Å². The number of rotatable bonds is 6. The van der Waals surface area contributed by atoms with Gasteiger partial charge in [0.05, 0.1) is 24.7 Å². The first-order valence-electron chi connectivity index (χ1n) is 9.99. The zero-order valence-corrected chi connectivity index (χ0v) is 18.6. The van der Waals surface area contributed by atoms with Crippen LogP contribution < -0.4 is 21.3 Å². The first-order chi connectivity index (χ1) is 16.2. The van der Waals surface area contributed by atoms with Crippen LogP contribution in [0.3, 0.4) is 0 Å². The lowest BCUT2D eigenvalue weighted by Crippen LogP contribution is -2.41. The molecule has 0 aliphatic carbocycles. The number of para-hydroxylation sites is 1. The van der Waals surface area contributed by atoms with Crippen LogP contribution in [0.4, 0.5) is 18.9 Å². The number of benzene rings is 2. The lowest BCUT2D eigenvalue weighted by Gasteiger charge is -2.14. The third kappa shape index (κ3) is 4.60. The average molecular weight is 489 g/mol. The molecule has 7 nitrogen and oxygen atoms in total. The minimum Gasteiger partial charge on any atom is -0.496 e. The van der Waals surface area contributed by atoms with Crippen LogP contribution in [-0.4, -0.2) is 22.2 Å². The molecule has 2 heterocycles. The molecule has 0 atom stereocenters. The third-order valence-corrected chi connectivity index (χ3v) is 6.02. The van der Waals surface area contributed by atoms with Gasteiger partial charge in [0.2, 0.25) is 5.91 Å². The fourth-order valence-electron chi connectivity index (χ4n) is 3.55. The summed E-state index contributed by atoms with van der Waals surface area (Å²) in [5.74, 6) is -0.217. The molecule has 11 heteroatoms. The molecule has 0 saturated heterocycles. The van der Waals surface area contributed by atoms with Gasteiger partial charge < -0.3 is 10.1 Å². The summed E-state index contributed by atoms with van der Waals surface area (Å²) in [7, 11) is 1.47. The lowest BCUT2D eigenvalue weighted by atomic mass is 10.2. The molecule has 2 aromatic heterocycles. The van der Waals surface area contributed by atoms with Crippen molar-refractivity contribution in [2.45, 2.75) is 19.3 Å². The summed E-state index contributed by atoms with van der Waals surface area (Å²) in [5, 5.41) is 4.01. The van der Waals surface area contributed by atoms with Crippen molar-refractivity contribution < 1.29 is 22.7 Å². The van der Waals surface area contributed by atoms with Crippen LogP contribution in [0.2, 0.25) is 0 Å². The number of thiophene rings is 1. The van der Waals surface area contributed by atoms with Gasteiger partial charge in [-0.1, -0.05) is 24.3 Å². The van der Waals surface area contributed by atoms with Crippen molar-refractivity contribution in [3.63, 3.8) is 0 Å². The number of carbonyl (C=O) groups is 1. The number of halogens is 3. The van der Waals surface area contributed by atoms with Crippen LogP contribution in [-0.2, 0) is 24.1 Å². The Labute approximate surface area is 194 Å². The maximum absolute atomic E-state index is 13.2. The number of aromatic nitrogens is 2. The fraction of sp³-hybridized carbons (Fsp3) is 0.174. The SMILES string of the molecule is COc1ccccc1Cn1c(=O)c2sccc2n(CC(=O)Nc2cccc(C(F)(F)F)c2)c1=O. The van der Waals surface area contributed by atoms with Crippen molar-refractivity contribution in [2.24, 2.45) is 0 Å². The van der Waals surface area contributed by atoms with E-state index in [1.54, 1.807) is 35.7 Å². The quantitative estimate of drug-likeness (QED) is 0.445. The van der Waals surface area contributed by atoms with Crippen molar-refractivity contribution >= 4 is 33.1 Å². The van der Waals surface area contributed by atoms with E-state index in [4.69, 9.17) is 4.74 Å². The molecular formula is C23H18F3N3O4S. The summed E-state index contributed by atoms with van der Waals surface area (Å²) in [6.07, 6.45) is -4.56. The number of nitrogens with one attached hydrogen (secondary N) is 1. The summed E-state index contributed by atoms with van der Waals surface area (Å²) in [5.41, 5.74) is -1.32. The number of alkyl halides is 3. The molecule has 4 rings (SSSR count). The highest BCUT2D eigenvalue weighted by Crippen LogP contribution is 2.30. The molecule has 1 amide bonds. The monoisotopic (exact) mass is 489 g/mol. The number of carbonyl (C=O) groups excluding carboxylic acids is 1. The molecule has 0 spiro atoms. The Hall–Kier alpha value is -3.86. The van der Waals surface area contributed by atoms with E-state index in [-0.39, 0.29) is 22.4 Å². The van der Waals surface area contributed by atoms with Crippen LogP contribution in [0.15, 0.2) is 69.6 Å². The number of fused-ring (bicyclic) bond motifs is 1. The van der Waals surface area contributed by atoms with E-state index in [1.165, 1.54) is 19.2 Å². The van der Waals surface area contributed by atoms with Crippen LogP contribution in [0.25, 0.3) is 10.2 Å². The van der Waals surface area contributed by atoms with Gasteiger partial charge in [-0.3, -0.25) is 18.7 Å². The summed E-state index contributed by atoms with van der Waals surface area (Å²) in [4.78, 5) is 38.9. The molecule has 2 aromatic carbocycles. The Morgan fingerprint density at radius 1 is 1.06 bits per heavy atom. The van der Waals surface area contributed by atoms with Gasteiger partial charge in [-0.25, -0.2) is 4.79 Å². The van der Waals surface area contributed by atoms with Gasteiger partial charge in [0.1, 0.15) is 17.0 Å². The Morgan fingerprint density at radius 3 is 2.56 bits per heavy atom. The highest BCUT2D eigenvalue weighted by atomic mass is 32.1. The van der Waals surface area contributed by atoms with Gasteiger partial charge in [-0.05, 0) is 35.7 Å². The summed E-state index contributed by atoms with van der Waals surface area (Å²) < 4.78 is 46.6. The zero-order chi connectivity index (χ0) is 24.5. The molecule has 0 bridgehead atoms. The molecule has 0 unspecified atom stereocenters. The molecule has 34 heavy (non-hydrogen) atoms. The zero-order valence-electron chi connectivity index (χ0n) is 17.8. The Morgan fingerprint density at radius 2 is 1.82 bits per heavy atom. The first kappa shape index (κ1) is 23.3. The van der Waals surface area contributed by atoms with Gasteiger partial charge in [0.25, 0.3) is 5.56 Å². The predicted octanol–water partition coefficient (Wildman–Crippen LogP) is 3.94. The highest BCUT2D eigenvalue weighted by molar-refractivity contribution is 7.17. The second kappa shape index (κ2) is 9.18. The number of nitrogens with zero attached hydrogens (tertiary/aromatic N) is 2. The molecule has 176 valence electrons. The van der Waals surface area contributed by atoms with Crippen molar-refractivity contribution in [1.29, 1.82) is 0 Å². The summed E-state index contributed by atoms with van der Waals surface area (Å²) in [6, 6.07) is 12.7. The van der Waals surface area contributed by atoms with Crippen molar-refractivity contribution in [3.05, 3.63) is 91.9 Å². The van der Waals surface area contributed by atoms with E-state index < -0.39 is 35.4 Å².